The first-order valence-electron chi connectivity index (χ1n) is 6.14. The number of hydrogen-bond donors (Lipinski definition) is 0. The highest BCUT2D eigenvalue weighted by atomic mass is 16.2. The molecule has 1 atom stereocenters. The van der Waals surface area contributed by atoms with E-state index in [1.54, 1.807) is 4.90 Å². The fraction of sp³-hybridized carbons (Fsp3) is 0.500. The minimum Gasteiger partial charge on any atom is -0.348 e. The van der Waals surface area contributed by atoms with Crippen molar-refractivity contribution in [2.45, 2.75) is 12.3 Å². The predicted molar refractivity (Wildman–Crippen MR) is 68.9 cm³/mol. The Morgan fingerprint density at radius 1 is 1.35 bits per heavy atom. The number of rotatable bonds is 3. The summed E-state index contributed by atoms with van der Waals surface area (Å²) >= 11 is 0. The lowest BCUT2D eigenvalue weighted by atomic mass is 9.99. The van der Waals surface area contributed by atoms with Gasteiger partial charge >= 0.3 is 0 Å². The van der Waals surface area contributed by atoms with Crippen LogP contribution < -0.4 is 0 Å². The van der Waals surface area contributed by atoms with E-state index in [1.165, 1.54) is 5.56 Å². The van der Waals surface area contributed by atoms with Gasteiger partial charge in [0.2, 0.25) is 5.91 Å². The van der Waals surface area contributed by atoms with Gasteiger partial charge in [-0.2, -0.15) is 0 Å². The van der Waals surface area contributed by atoms with Crippen LogP contribution in [0.2, 0.25) is 0 Å². The molecule has 92 valence electrons. The predicted octanol–water partition coefficient (Wildman–Crippen LogP) is 1.56. The molecule has 0 radical (unpaired) electrons. The van der Waals surface area contributed by atoms with Crippen molar-refractivity contribution in [3.63, 3.8) is 0 Å². The summed E-state index contributed by atoms with van der Waals surface area (Å²) in [6.07, 6.45) is 1.16. The van der Waals surface area contributed by atoms with Crippen molar-refractivity contribution in [2.75, 3.05) is 33.7 Å². The number of carbonyl (C=O) groups is 1. The summed E-state index contributed by atoms with van der Waals surface area (Å²) in [5.41, 5.74) is 1.40. The summed E-state index contributed by atoms with van der Waals surface area (Å²) in [6, 6.07) is 10.6. The van der Waals surface area contributed by atoms with E-state index in [-0.39, 0.29) is 5.91 Å². The Balaban J connectivity index is 1.90. The molecule has 1 aromatic rings. The largest absolute Gasteiger partial charge is 0.348 e. The van der Waals surface area contributed by atoms with Crippen LogP contribution in [0.25, 0.3) is 0 Å². The van der Waals surface area contributed by atoms with Crippen LogP contribution in [-0.4, -0.2) is 49.4 Å². The Hall–Kier alpha value is -1.35. The molecular weight excluding hydrogens is 212 g/mol. The fourth-order valence-corrected chi connectivity index (χ4v) is 2.31. The second-order valence-corrected chi connectivity index (χ2v) is 4.92. The van der Waals surface area contributed by atoms with Gasteiger partial charge in [0.25, 0.3) is 0 Å². The third kappa shape index (κ3) is 3.07. The first-order valence-corrected chi connectivity index (χ1v) is 6.14. The Labute approximate surface area is 103 Å². The average molecular weight is 232 g/mol. The van der Waals surface area contributed by atoms with Gasteiger partial charge in [0.1, 0.15) is 0 Å². The minimum absolute atomic E-state index is 0.193. The van der Waals surface area contributed by atoms with Crippen LogP contribution in [0.3, 0.4) is 0 Å². The SMILES string of the molecule is CN(C)C(=O)CN1CC[C@H](c2ccccc2)C1. The molecule has 0 unspecified atom stereocenters. The van der Waals surface area contributed by atoms with Crippen LogP contribution in [-0.2, 0) is 4.79 Å². The topological polar surface area (TPSA) is 23.6 Å². The molecule has 1 aliphatic heterocycles. The molecule has 0 bridgehead atoms. The van der Waals surface area contributed by atoms with E-state index in [9.17, 15) is 4.79 Å². The molecule has 1 heterocycles. The second-order valence-electron chi connectivity index (χ2n) is 4.92. The summed E-state index contributed by atoms with van der Waals surface area (Å²) in [6.45, 7) is 2.58. The quantitative estimate of drug-likeness (QED) is 0.789. The van der Waals surface area contributed by atoms with Crippen LogP contribution in [0.15, 0.2) is 30.3 Å². The molecule has 3 heteroatoms. The molecule has 0 aromatic heterocycles. The first kappa shape index (κ1) is 12.1. The van der Waals surface area contributed by atoms with Gasteiger partial charge < -0.3 is 4.90 Å². The van der Waals surface area contributed by atoms with Crippen LogP contribution in [0.5, 0.6) is 0 Å². The van der Waals surface area contributed by atoms with Crippen molar-refractivity contribution in [3.8, 4) is 0 Å². The highest BCUT2D eigenvalue weighted by Gasteiger charge is 2.25. The van der Waals surface area contributed by atoms with Gasteiger partial charge in [0.15, 0.2) is 0 Å². The molecule has 0 saturated carbocycles. The molecule has 1 aliphatic rings. The van der Waals surface area contributed by atoms with Crippen molar-refractivity contribution in [1.82, 2.24) is 9.80 Å². The van der Waals surface area contributed by atoms with E-state index in [1.807, 2.05) is 20.2 Å². The standard InChI is InChI=1S/C14H20N2O/c1-15(2)14(17)11-16-9-8-13(10-16)12-6-4-3-5-7-12/h3-7,13H,8-11H2,1-2H3/t13-/m0/s1. The van der Waals surface area contributed by atoms with Gasteiger partial charge in [-0.1, -0.05) is 30.3 Å². The normalized spacial score (nSPS) is 20.5. The van der Waals surface area contributed by atoms with Gasteiger partial charge in [-0.3, -0.25) is 9.69 Å². The zero-order valence-corrected chi connectivity index (χ0v) is 10.6. The second kappa shape index (κ2) is 5.32. The van der Waals surface area contributed by atoms with Gasteiger partial charge in [0.05, 0.1) is 6.54 Å². The smallest absolute Gasteiger partial charge is 0.236 e. The first-order chi connectivity index (χ1) is 8.16. The zero-order chi connectivity index (χ0) is 12.3. The maximum Gasteiger partial charge on any atom is 0.236 e. The average Bonchev–Trinajstić information content (AvgIpc) is 2.78. The monoisotopic (exact) mass is 232 g/mol. The third-order valence-corrected chi connectivity index (χ3v) is 3.40. The van der Waals surface area contributed by atoms with E-state index in [4.69, 9.17) is 0 Å². The molecule has 2 rings (SSSR count). The Bertz CT molecular complexity index is 375. The lowest BCUT2D eigenvalue weighted by Crippen LogP contribution is -2.35. The number of amides is 1. The van der Waals surface area contributed by atoms with Crippen molar-refractivity contribution in [3.05, 3.63) is 35.9 Å². The number of carbonyl (C=O) groups excluding carboxylic acids is 1. The highest BCUT2D eigenvalue weighted by molar-refractivity contribution is 5.77. The molecule has 17 heavy (non-hydrogen) atoms. The lowest BCUT2D eigenvalue weighted by molar-refractivity contribution is -0.129. The Kier molecular flexibility index (Phi) is 3.79. The van der Waals surface area contributed by atoms with Crippen molar-refractivity contribution < 1.29 is 4.79 Å². The molecule has 1 amide bonds. The van der Waals surface area contributed by atoms with Gasteiger partial charge in [-0.05, 0) is 24.4 Å². The van der Waals surface area contributed by atoms with Gasteiger partial charge in [0, 0.05) is 20.6 Å². The van der Waals surface area contributed by atoms with Crippen LogP contribution in [0.1, 0.15) is 17.9 Å². The Morgan fingerprint density at radius 3 is 2.71 bits per heavy atom. The van der Waals surface area contributed by atoms with E-state index in [0.717, 1.165) is 19.5 Å². The maximum atomic E-state index is 11.6. The molecule has 1 fully saturated rings. The van der Waals surface area contributed by atoms with E-state index < -0.39 is 0 Å². The summed E-state index contributed by atoms with van der Waals surface area (Å²) < 4.78 is 0. The number of nitrogens with zero attached hydrogens (tertiary/aromatic N) is 2. The number of likely N-dealkylation sites (tertiary alicyclic amines) is 1. The maximum absolute atomic E-state index is 11.6. The molecule has 0 N–H and O–H groups in total. The van der Waals surface area contributed by atoms with Crippen LogP contribution >= 0.6 is 0 Å². The fourth-order valence-electron chi connectivity index (χ4n) is 2.31. The van der Waals surface area contributed by atoms with E-state index in [0.29, 0.717) is 12.5 Å². The molecule has 0 spiro atoms. The van der Waals surface area contributed by atoms with E-state index in [2.05, 4.69) is 29.2 Å². The van der Waals surface area contributed by atoms with Gasteiger partial charge in [-0.15, -0.1) is 0 Å². The summed E-state index contributed by atoms with van der Waals surface area (Å²) in [5.74, 6) is 0.782. The van der Waals surface area contributed by atoms with Crippen LogP contribution in [0, 0.1) is 0 Å². The summed E-state index contributed by atoms with van der Waals surface area (Å²) in [4.78, 5) is 15.5. The van der Waals surface area contributed by atoms with Crippen molar-refractivity contribution in [2.24, 2.45) is 0 Å². The van der Waals surface area contributed by atoms with Crippen LogP contribution in [0.4, 0.5) is 0 Å². The summed E-state index contributed by atoms with van der Waals surface area (Å²) in [7, 11) is 3.63. The minimum atomic E-state index is 0.193. The van der Waals surface area contributed by atoms with Gasteiger partial charge in [-0.25, -0.2) is 0 Å². The number of hydrogen-bond acceptors (Lipinski definition) is 2. The van der Waals surface area contributed by atoms with Crippen molar-refractivity contribution in [1.29, 1.82) is 0 Å². The molecule has 3 nitrogen and oxygen atoms in total. The molecular formula is C14H20N2O. The highest BCUT2D eigenvalue weighted by Crippen LogP contribution is 2.26. The Morgan fingerprint density at radius 2 is 2.06 bits per heavy atom. The lowest BCUT2D eigenvalue weighted by Gasteiger charge is -2.18. The number of likely N-dealkylation sites (N-methyl/N-ethyl adjacent to an activating group) is 1. The molecule has 0 aliphatic carbocycles. The third-order valence-electron chi connectivity index (χ3n) is 3.40. The van der Waals surface area contributed by atoms with Crippen molar-refractivity contribution >= 4 is 5.91 Å². The molecule has 1 saturated heterocycles. The molecule has 1 aromatic carbocycles. The van der Waals surface area contributed by atoms with E-state index >= 15 is 0 Å². The zero-order valence-electron chi connectivity index (χ0n) is 10.6. The number of benzene rings is 1. The summed E-state index contributed by atoms with van der Waals surface area (Å²) in [5, 5.41) is 0.